The van der Waals surface area contributed by atoms with Gasteiger partial charge < -0.3 is 19.7 Å². The molecule has 0 aromatic heterocycles. The van der Waals surface area contributed by atoms with E-state index in [2.05, 4.69) is 21.2 Å². The largest absolute Gasteiger partial charge is 0.483 e. The van der Waals surface area contributed by atoms with Crippen LogP contribution in [-0.4, -0.2) is 57.2 Å². The van der Waals surface area contributed by atoms with Crippen LogP contribution in [0.1, 0.15) is 24.0 Å². The topological polar surface area (TPSA) is 67.9 Å². The molecule has 1 N–H and O–H groups in total. The van der Waals surface area contributed by atoms with E-state index in [1.807, 2.05) is 30.1 Å². The quantitative estimate of drug-likeness (QED) is 0.510. The smallest absolute Gasteiger partial charge is 0.310 e. The maximum absolute atomic E-state index is 13.3. The molecule has 1 aliphatic heterocycles. The van der Waals surface area contributed by atoms with Gasteiger partial charge in [-0.3, -0.25) is 9.59 Å². The van der Waals surface area contributed by atoms with Gasteiger partial charge in [0.2, 0.25) is 0 Å². The van der Waals surface area contributed by atoms with E-state index < -0.39 is 0 Å². The van der Waals surface area contributed by atoms with Crippen LogP contribution in [-0.2, 0) is 27.2 Å². The fraction of sp³-hybridized carbons (Fsp3) is 0.440. The van der Waals surface area contributed by atoms with Gasteiger partial charge in [0.25, 0.3) is 5.91 Å². The van der Waals surface area contributed by atoms with Crippen molar-refractivity contribution in [3.63, 3.8) is 0 Å². The van der Waals surface area contributed by atoms with E-state index in [0.717, 1.165) is 35.8 Å². The van der Waals surface area contributed by atoms with Crippen LogP contribution in [0.25, 0.3) is 0 Å². The van der Waals surface area contributed by atoms with Gasteiger partial charge >= 0.3 is 5.97 Å². The molecule has 2 aromatic rings. The molecule has 6 nitrogen and oxygen atoms in total. The summed E-state index contributed by atoms with van der Waals surface area (Å²) >= 11 is 3.39. The standard InChI is InChI=1S/C25H30BrFN2O4/c1-28-17-25(15-18-3-6-21(27)7-4-18)9-11-29(12-10-25)23(30)16-33-22-8-5-20(26)13-19(22)14-24(31)32-2/h3-8,13,28H,9-12,14-17H2,1-2H3. The minimum Gasteiger partial charge on any atom is -0.483 e. The number of amides is 1. The summed E-state index contributed by atoms with van der Waals surface area (Å²) in [6, 6.07) is 12.0. The van der Waals surface area contributed by atoms with E-state index in [9.17, 15) is 14.0 Å². The molecule has 0 spiro atoms. The van der Waals surface area contributed by atoms with E-state index in [1.54, 1.807) is 12.1 Å². The number of nitrogens with zero attached hydrogens (tertiary/aromatic N) is 1. The van der Waals surface area contributed by atoms with Gasteiger partial charge in [0, 0.05) is 29.7 Å². The van der Waals surface area contributed by atoms with Crippen molar-refractivity contribution in [1.82, 2.24) is 10.2 Å². The van der Waals surface area contributed by atoms with Gasteiger partial charge in [-0.25, -0.2) is 4.39 Å². The number of carbonyl (C=O) groups is 2. The average molecular weight is 521 g/mol. The second-order valence-electron chi connectivity index (χ2n) is 8.51. The van der Waals surface area contributed by atoms with Crippen LogP contribution in [0.5, 0.6) is 5.75 Å². The summed E-state index contributed by atoms with van der Waals surface area (Å²) in [5.41, 5.74) is 1.78. The Morgan fingerprint density at radius 1 is 1.15 bits per heavy atom. The number of benzene rings is 2. The van der Waals surface area contributed by atoms with Crippen molar-refractivity contribution in [2.24, 2.45) is 5.41 Å². The summed E-state index contributed by atoms with van der Waals surface area (Å²) in [5.74, 6) is -0.193. The zero-order valence-electron chi connectivity index (χ0n) is 19.0. The van der Waals surface area contributed by atoms with Gasteiger partial charge in [0.05, 0.1) is 13.5 Å². The van der Waals surface area contributed by atoms with Crippen LogP contribution in [0.15, 0.2) is 46.9 Å². The van der Waals surface area contributed by atoms with Crippen molar-refractivity contribution in [1.29, 1.82) is 0 Å². The molecule has 0 saturated carbocycles. The monoisotopic (exact) mass is 520 g/mol. The van der Waals surface area contributed by atoms with E-state index in [-0.39, 0.29) is 36.1 Å². The van der Waals surface area contributed by atoms with Crippen molar-refractivity contribution in [3.05, 3.63) is 63.9 Å². The molecular formula is C25H30BrFN2O4. The molecule has 1 saturated heterocycles. The third-order valence-corrected chi connectivity index (χ3v) is 6.65. The molecule has 178 valence electrons. The van der Waals surface area contributed by atoms with Crippen molar-refractivity contribution < 1.29 is 23.5 Å². The van der Waals surface area contributed by atoms with Crippen LogP contribution < -0.4 is 10.1 Å². The Kier molecular flexibility index (Phi) is 8.86. The zero-order valence-corrected chi connectivity index (χ0v) is 20.6. The fourth-order valence-corrected chi connectivity index (χ4v) is 4.75. The van der Waals surface area contributed by atoms with Gasteiger partial charge in [0.15, 0.2) is 6.61 Å². The number of carbonyl (C=O) groups excluding carboxylic acids is 2. The van der Waals surface area contributed by atoms with Crippen LogP contribution in [0.4, 0.5) is 4.39 Å². The number of esters is 1. The predicted octanol–water partition coefficient (Wildman–Crippen LogP) is 3.75. The summed E-state index contributed by atoms with van der Waals surface area (Å²) < 4.78 is 24.6. The van der Waals surface area contributed by atoms with E-state index in [0.29, 0.717) is 24.4 Å². The second-order valence-corrected chi connectivity index (χ2v) is 9.42. The fourth-order valence-electron chi connectivity index (χ4n) is 4.34. The Hall–Kier alpha value is -2.45. The molecule has 0 unspecified atom stereocenters. The number of ether oxygens (including phenoxy) is 2. The maximum Gasteiger partial charge on any atom is 0.310 e. The first-order chi connectivity index (χ1) is 15.8. The van der Waals surface area contributed by atoms with Crippen LogP contribution in [0.3, 0.4) is 0 Å². The first-order valence-electron chi connectivity index (χ1n) is 11.0. The van der Waals surface area contributed by atoms with Gasteiger partial charge in [-0.2, -0.15) is 0 Å². The number of halogens is 2. The Labute approximate surface area is 202 Å². The van der Waals surface area contributed by atoms with Crippen LogP contribution >= 0.6 is 15.9 Å². The highest BCUT2D eigenvalue weighted by Crippen LogP contribution is 2.35. The Morgan fingerprint density at radius 3 is 2.48 bits per heavy atom. The molecule has 0 atom stereocenters. The summed E-state index contributed by atoms with van der Waals surface area (Å²) in [6.07, 6.45) is 2.60. The first kappa shape index (κ1) is 25.2. The minimum atomic E-state index is -0.373. The second kappa shape index (κ2) is 11.6. The maximum atomic E-state index is 13.3. The average Bonchev–Trinajstić information content (AvgIpc) is 2.80. The molecule has 33 heavy (non-hydrogen) atoms. The number of hydrogen-bond acceptors (Lipinski definition) is 5. The van der Waals surface area contributed by atoms with Gasteiger partial charge in [-0.15, -0.1) is 0 Å². The van der Waals surface area contributed by atoms with Crippen molar-refractivity contribution in [2.45, 2.75) is 25.7 Å². The molecule has 1 amide bonds. The lowest BCUT2D eigenvalue weighted by Crippen LogP contribution is -2.48. The number of likely N-dealkylation sites (tertiary alicyclic amines) is 1. The molecule has 8 heteroatoms. The number of methoxy groups -OCH3 is 1. The molecule has 1 aliphatic rings. The van der Waals surface area contributed by atoms with Crippen molar-refractivity contribution >= 4 is 27.8 Å². The lowest BCUT2D eigenvalue weighted by Gasteiger charge is -2.42. The zero-order chi connectivity index (χ0) is 23.8. The lowest BCUT2D eigenvalue weighted by molar-refractivity contribution is -0.139. The summed E-state index contributed by atoms with van der Waals surface area (Å²) in [5, 5.41) is 3.29. The number of rotatable bonds is 9. The van der Waals surface area contributed by atoms with Crippen LogP contribution in [0, 0.1) is 11.2 Å². The molecule has 0 radical (unpaired) electrons. The van der Waals surface area contributed by atoms with Gasteiger partial charge in [0.1, 0.15) is 11.6 Å². The highest BCUT2D eigenvalue weighted by molar-refractivity contribution is 9.10. The van der Waals surface area contributed by atoms with E-state index >= 15 is 0 Å². The molecule has 3 rings (SSSR count). The van der Waals surface area contributed by atoms with Crippen LogP contribution in [0.2, 0.25) is 0 Å². The molecular weight excluding hydrogens is 491 g/mol. The predicted molar refractivity (Wildman–Crippen MR) is 128 cm³/mol. The van der Waals surface area contributed by atoms with E-state index in [1.165, 1.54) is 19.2 Å². The van der Waals surface area contributed by atoms with Crippen molar-refractivity contribution in [2.75, 3.05) is 40.4 Å². The molecule has 1 heterocycles. The Bertz CT molecular complexity index is 959. The SMILES string of the molecule is CNCC1(Cc2ccc(F)cc2)CCN(C(=O)COc2ccc(Br)cc2CC(=O)OC)CC1. The Balaban J connectivity index is 1.58. The lowest BCUT2D eigenvalue weighted by atomic mass is 9.73. The minimum absolute atomic E-state index is 0.0175. The summed E-state index contributed by atoms with van der Waals surface area (Å²) in [6.45, 7) is 2.02. The summed E-state index contributed by atoms with van der Waals surface area (Å²) in [4.78, 5) is 26.4. The normalized spacial score (nSPS) is 15.2. The number of nitrogens with one attached hydrogen (secondary N) is 1. The van der Waals surface area contributed by atoms with Gasteiger partial charge in [-0.05, 0) is 67.6 Å². The summed E-state index contributed by atoms with van der Waals surface area (Å²) in [7, 11) is 3.27. The molecule has 0 aliphatic carbocycles. The number of hydrogen-bond donors (Lipinski definition) is 1. The Morgan fingerprint density at radius 2 is 1.85 bits per heavy atom. The van der Waals surface area contributed by atoms with E-state index in [4.69, 9.17) is 9.47 Å². The molecule has 0 bridgehead atoms. The highest BCUT2D eigenvalue weighted by atomic mass is 79.9. The highest BCUT2D eigenvalue weighted by Gasteiger charge is 2.35. The van der Waals surface area contributed by atoms with Gasteiger partial charge in [-0.1, -0.05) is 28.1 Å². The third-order valence-electron chi connectivity index (χ3n) is 6.16. The molecule has 1 fully saturated rings. The first-order valence-corrected chi connectivity index (χ1v) is 11.8. The third kappa shape index (κ3) is 7.01. The number of piperidine rings is 1. The molecule has 2 aromatic carbocycles. The van der Waals surface area contributed by atoms with Crippen molar-refractivity contribution in [3.8, 4) is 5.75 Å².